The third-order valence-electron chi connectivity index (χ3n) is 3.15. The fourth-order valence-electron chi connectivity index (χ4n) is 2.13. The molecule has 0 saturated carbocycles. The van der Waals surface area contributed by atoms with Crippen LogP contribution in [0.1, 0.15) is 46.5 Å². The zero-order chi connectivity index (χ0) is 15.0. The van der Waals surface area contributed by atoms with Crippen molar-refractivity contribution in [3.8, 4) is 0 Å². The van der Waals surface area contributed by atoms with E-state index in [1.807, 2.05) is 12.1 Å². The number of hydrogen-bond donors (Lipinski definition) is 2. The van der Waals surface area contributed by atoms with Crippen molar-refractivity contribution in [2.75, 3.05) is 11.9 Å². The van der Waals surface area contributed by atoms with E-state index in [1.165, 1.54) is 12.8 Å². The van der Waals surface area contributed by atoms with Crippen LogP contribution in [0.4, 0.5) is 5.69 Å². The Morgan fingerprint density at radius 2 is 1.85 bits per heavy atom. The van der Waals surface area contributed by atoms with Crippen LogP contribution >= 0.6 is 0 Å². The van der Waals surface area contributed by atoms with Gasteiger partial charge in [-0.15, -0.1) is 0 Å². The highest BCUT2D eigenvalue weighted by molar-refractivity contribution is 7.89. The molecule has 0 aromatic heterocycles. The molecule has 0 aliphatic carbocycles. The molecule has 0 heterocycles. The van der Waals surface area contributed by atoms with E-state index in [2.05, 4.69) is 23.9 Å². The second-order valence-corrected chi connectivity index (χ2v) is 6.77. The molecule has 1 atom stereocenters. The predicted molar refractivity (Wildman–Crippen MR) is 84.5 cm³/mol. The lowest BCUT2D eigenvalue weighted by atomic mass is 10.1. The molecule has 114 valence electrons. The van der Waals surface area contributed by atoms with Gasteiger partial charge in [-0.3, -0.25) is 0 Å². The predicted octanol–water partition coefficient (Wildman–Crippen LogP) is 3.37. The molecule has 0 radical (unpaired) electrons. The van der Waals surface area contributed by atoms with Gasteiger partial charge in [0.15, 0.2) is 0 Å². The molecule has 1 rings (SSSR count). The SMILES string of the molecule is CCCCCC(C)Nc1ccccc1S(=O)(=O)NCC. The van der Waals surface area contributed by atoms with Crippen LogP contribution in [0.25, 0.3) is 0 Å². The first-order valence-electron chi connectivity index (χ1n) is 7.36. The first-order valence-corrected chi connectivity index (χ1v) is 8.84. The van der Waals surface area contributed by atoms with E-state index >= 15 is 0 Å². The maximum Gasteiger partial charge on any atom is 0.242 e. The molecule has 0 fully saturated rings. The number of unbranched alkanes of at least 4 members (excludes halogenated alkanes) is 2. The normalized spacial score (nSPS) is 13.2. The largest absolute Gasteiger partial charge is 0.381 e. The summed E-state index contributed by atoms with van der Waals surface area (Å²) in [5.74, 6) is 0. The lowest BCUT2D eigenvalue weighted by Gasteiger charge is -2.18. The Hall–Kier alpha value is -1.07. The topological polar surface area (TPSA) is 58.2 Å². The van der Waals surface area contributed by atoms with Gasteiger partial charge in [0, 0.05) is 12.6 Å². The lowest BCUT2D eigenvalue weighted by Crippen LogP contribution is -2.25. The van der Waals surface area contributed by atoms with Crippen LogP contribution in [-0.4, -0.2) is 21.0 Å². The van der Waals surface area contributed by atoms with Crippen molar-refractivity contribution in [3.63, 3.8) is 0 Å². The van der Waals surface area contributed by atoms with Crippen LogP contribution < -0.4 is 10.0 Å². The Kier molecular flexibility index (Phi) is 7.02. The number of para-hydroxylation sites is 1. The molecule has 1 aromatic rings. The van der Waals surface area contributed by atoms with Crippen LogP contribution in [0.3, 0.4) is 0 Å². The van der Waals surface area contributed by atoms with E-state index in [9.17, 15) is 8.42 Å². The van der Waals surface area contributed by atoms with Crippen molar-refractivity contribution in [1.29, 1.82) is 0 Å². The van der Waals surface area contributed by atoms with Gasteiger partial charge in [-0.25, -0.2) is 13.1 Å². The molecule has 0 amide bonds. The third-order valence-corrected chi connectivity index (χ3v) is 4.76. The molecule has 0 saturated heterocycles. The molecular formula is C15H26N2O2S. The zero-order valence-electron chi connectivity index (χ0n) is 12.6. The Morgan fingerprint density at radius 3 is 2.50 bits per heavy atom. The Labute approximate surface area is 123 Å². The summed E-state index contributed by atoms with van der Waals surface area (Å²) < 4.78 is 26.8. The summed E-state index contributed by atoms with van der Waals surface area (Å²) in [6, 6.07) is 7.32. The maximum absolute atomic E-state index is 12.1. The summed E-state index contributed by atoms with van der Waals surface area (Å²) in [7, 11) is -3.42. The van der Waals surface area contributed by atoms with Gasteiger partial charge in [0.25, 0.3) is 0 Å². The molecule has 0 spiro atoms. The molecule has 1 aromatic carbocycles. The minimum atomic E-state index is -3.42. The van der Waals surface area contributed by atoms with Crippen LogP contribution in [-0.2, 0) is 10.0 Å². The summed E-state index contributed by atoms with van der Waals surface area (Å²) in [4.78, 5) is 0.323. The summed E-state index contributed by atoms with van der Waals surface area (Å²) in [6.07, 6.45) is 4.61. The minimum absolute atomic E-state index is 0.263. The number of anilines is 1. The van der Waals surface area contributed by atoms with E-state index in [0.29, 0.717) is 17.1 Å². The number of benzene rings is 1. The van der Waals surface area contributed by atoms with Gasteiger partial charge in [0.1, 0.15) is 4.90 Å². The van der Waals surface area contributed by atoms with Crippen LogP contribution in [0.2, 0.25) is 0 Å². The van der Waals surface area contributed by atoms with E-state index in [0.717, 1.165) is 12.8 Å². The fraction of sp³-hybridized carbons (Fsp3) is 0.600. The van der Waals surface area contributed by atoms with E-state index in [1.54, 1.807) is 19.1 Å². The van der Waals surface area contributed by atoms with E-state index < -0.39 is 10.0 Å². The molecular weight excluding hydrogens is 272 g/mol. The molecule has 2 N–H and O–H groups in total. The van der Waals surface area contributed by atoms with Crippen LogP contribution in [0.5, 0.6) is 0 Å². The highest BCUT2D eigenvalue weighted by Crippen LogP contribution is 2.22. The summed E-state index contributed by atoms with van der Waals surface area (Å²) in [6.45, 7) is 6.44. The van der Waals surface area contributed by atoms with Gasteiger partial charge < -0.3 is 5.32 Å². The average Bonchev–Trinajstić information content (AvgIpc) is 2.39. The first-order chi connectivity index (χ1) is 9.51. The molecule has 0 aliphatic heterocycles. The van der Waals surface area contributed by atoms with Gasteiger partial charge in [-0.05, 0) is 25.5 Å². The Balaban J connectivity index is 2.80. The standard InChI is InChI=1S/C15H26N2O2S/c1-4-6-7-10-13(3)17-14-11-8-9-12-15(14)20(18,19)16-5-2/h8-9,11-13,16-17H,4-7,10H2,1-3H3. The van der Waals surface area contributed by atoms with Gasteiger partial charge >= 0.3 is 0 Å². The van der Waals surface area contributed by atoms with Gasteiger partial charge in [0.2, 0.25) is 10.0 Å². The Morgan fingerprint density at radius 1 is 1.15 bits per heavy atom. The Bertz CT molecular complexity index is 500. The van der Waals surface area contributed by atoms with Gasteiger partial charge in [-0.1, -0.05) is 45.2 Å². The smallest absolute Gasteiger partial charge is 0.242 e. The fourth-order valence-corrected chi connectivity index (χ4v) is 3.34. The quantitative estimate of drug-likeness (QED) is 0.687. The second kappa shape index (κ2) is 8.27. The van der Waals surface area contributed by atoms with Crippen LogP contribution in [0.15, 0.2) is 29.2 Å². The third kappa shape index (κ3) is 5.13. The van der Waals surface area contributed by atoms with E-state index in [4.69, 9.17) is 0 Å². The molecule has 0 bridgehead atoms. The maximum atomic E-state index is 12.1. The molecule has 0 aliphatic rings. The average molecular weight is 298 g/mol. The van der Waals surface area contributed by atoms with Crippen LogP contribution in [0, 0.1) is 0 Å². The zero-order valence-corrected chi connectivity index (χ0v) is 13.5. The summed E-state index contributed by atoms with van der Waals surface area (Å²) in [5, 5.41) is 3.31. The van der Waals surface area contributed by atoms with Gasteiger partial charge in [0.05, 0.1) is 5.69 Å². The number of rotatable bonds is 9. The minimum Gasteiger partial charge on any atom is -0.381 e. The first kappa shape index (κ1) is 17.0. The second-order valence-electron chi connectivity index (χ2n) is 5.04. The number of nitrogens with one attached hydrogen (secondary N) is 2. The highest BCUT2D eigenvalue weighted by Gasteiger charge is 2.17. The van der Waals surface area contributed by atoms with Crippen molar-refractivity contribution in [2.24, 2.45) is 0 Å². The molecule has 1 unspecified atom stereocenters. The molecule has 4 nitrogen and oxygen atoms in total. The number of sulfonamides is 1. The summed E-state index contributed by atoms with van der Waals surface area (Å²) >= 11 is 0. The highest BCUT2D eigenvalue weighted by atomic mass is 32.2. The number of hydrogen-bond acceptors (Lipinski definition) is 3. The lowest BCUT2D eigenvalue weighted by molar-refractivity contribution is 0.583. The van der Waals surface area contributed by atoms with Gasteiger partial charge in [-0.2, -0.15) is 0 Å². The monoisotopic (exact) mass is 298 g/mol. The molecule has 5 heteroatoms. The van der Waals surface area contributed by atoms with Crippen molar-refractivity contribution in [2.45, 2.75) is 57.4 Å². The van der Waals surface area contributed by atoms with E-state index in [-0.39, 0.29) is 6.04 Å². The summed E-state index contributed by atoms with van der Waals surface area (Å²) in [5.41, 5.74) is 0.678. The molecule has 20 heavy (non-hydrogen) atoms. The van der Waals surface area contributed by atoms with Crippen molar-refractivity contribution in [3.05, 3.63) is 24.3 Å². The van der Waals surface area contributed by atoms with Crippen molar-refractivity contribution < 1.29 is 8.42 Å². The van der Waals surface area contributed by atoms with Crippen molar-refractivity contribution >= 4 is 15.7 Å². The van der Waals surface area contributed by atoms with Crippen molar-refractivity contribution in [1.82, 2.24) is 4.72 Å².